The molecule has 0 aliphatic rings. The maximum absolute atomic E-state index is 11.8. The lowest BCUT2D eigenvalue weighted by atomic mass is 10.3. The Labute approximate surface area is 131 Å². The van der Waals surface area contributed by atoms with Crippen LogP contribution in [0.4, 0.5) is 5.69 Å². The van der Waals surface area contributed by atoms with Gasteiger partial charge in [-0.1, -0.05) is 12.1 Å². The molecule has 0 aliphatic carbocycles. The molecule has 0 bridgehead atoms. The molecule has 0 unspecified atom stereocenters. The zero-order chi connectivity index (χ0) is 15.6. The molecule has 0 amide bonds. The van der Waals surface area contributed by atoms with Gasteiger partial charge in [0, 0.05) is 22.9 Å². The predicted octanol–water partition coefficient (Wildman–Crippen LogP) is 1.87. The first-order chi connectivity index (χ1) is 10.0. The van der Waals surface area contributed by atoms with Gasteiger partial charge in [0.15, 0.2) is 0 Å². The average Bonchev–Trinajstić information content (AvgIpc) is 2.42. The number of hydrogen-bond acceptors (Lipinski definition) is 5. The molecule has 3 N–H and O–H groups in total. The smallest absolute Gasteiger partial charge is 0.212 e. The Hall–Kier alpha value is -1.02. The summed E-state index contributed by atoms with van der Waals surface area (Å²) in [5.41, 5.74) is 6.35. The Kier molecular flexibility index (Phi) is 8.44. The number of rotatable bonds is 11. The van der Waals surface area contributed by atoms with Gasteiger partial charge in [-0.3, -0.25) is 0 Å². The van der Waals surface area contributed by atoms with E-state index in [0.29, 0.717) is 31.2 Å². The number of hydrogen-bond donors (Lipinski definition) is 2. The van der Waals surface area contributed by atoms with Crippen molar-refractivity contribution in [3.8, 4) is 0 Å². The zero-order valence-electron chi connectivity index (χ0n) is 12.0. The van der Waals surface area contributed by atoms with Gasteiger partial charge in [0.05, 0.1) is 19.0 Å². The Morgan fingerprint density at radius 1 is 1.38 bits per heavy atom. The summed E-state index contributed by atoms with van der Waals surface area (Å²) in [6.45, 7) is 4.81. The lowest BCUT2D eigenvalue weighted by molar-refractivity contribution is 0.144. The van der Waals surface area contributed by atoms with Crippen molar-refractivity contribution in [2.45, 2.75) is 11.3 Å². The molecule has 5 nitrogen and oxygen atoms in total. The minimum atomic E-state index is -3.26. The van der Waals surface area contributed by atoms with Crippen LogP contribution in [0.5, 0.6) is 0 Å². The fourth-order valence-corrected chi connectivity index (χ4v) is 3.86. The topological polar surface area (TPSA) is 81.4 Å². The highest BCUT2D eigenvalue weighted by atomic mass is 32.2. The van der Waals surface area contributed by atoms with E-state index in [1.807, 2.05) is 18.2 Å². The second-order valence-corrected chi connectivity index (χ2v) is 7.42. The molecule has 1 rings (SSSR count). The third-order valence-electron chi connectivity index (χ3n) is 2.51. The number of sulfonamides is 1. The van der Waals surface area contributed by atoms with Crippen LogP contribution in [-0.2, 0) is 14.8 Å². The van der Waals surface area contributed by atoms with Crippen molar-refractivity contribution in [3.63, 3.8) is 0 Å². The van der Waals surface area contributed by atoms with Crippen LogP contribution in [0.2, 0.25) is 0 Å². The monoisotopic (exact) mass is 330 g/mol. The van der Waals surface area contributed by atoms with Crippen molar-refractivity contribution in [3.05, 3.63) is 36.9 Å². The van der Waals surface area contributed by atoms with E-state index in [1.165, 1.54) is 11.8 Å². The van der Waals surface area contributed by atoms with Gasteiger partial charge in [-0.25, -0.2) is 13.1 Å². The second-order valence-electron chi connectivity index (χ2n) is 4.32. The highest BCUT2D eigenvalue weighted by Crippen LogP contribution is 2.20. The number of nitrogens with one attached hydrogen (secondary N) is 1. The van der Waals surface area contributed by atoms with Gasteiger partial charge in [0.2, 0.25) is 10.0 Å². The van der Waals surface area contributed by atoms with E-state index >= 15 is 0 Å². The van der Waals surface area contributed by atoms with Crippen molar-refractivity contribution < 1.29 is 13.2 Å². The average molecular weight is 330 g/mol. The van der Waals surface area contributed by atoms with Crippen molar-refractivity contribution in [2.75, 3.05) is 37.0 Å². The van der Waals surface area contributed by atoms with Crippen LogP contribution in [0.3, 0.4) is 0 Å². The quantitative estimate of drug-likeness (QED) is 0.280. The van der Waals surface area contributed by atoms with Crippen molar-refractivity contribution in [1.82, 2.24) is 4.72 Å². The fourth-order valence-electron chi connectivity index (χ4n) is 1.48. The lowest BCUT2D eigenvalue weighted by Gasteiger charge is -2.07. The van der Waals surface area contributed by atoms with E-state index in [1.54, 1.807) is 12.1 Å². The summed E-state index contributed by atoms with van der Waals surface area (Å²) in [6.07, 6.45) is 2.53. The normalized spacial score (nSPS) is 11.4. The Balaban J connectivity index is 2.19. The SMILES string of the molecule is C=CCCOCCNS(=O)(=O)CCSc1cccc(N)c1. The summed E-state index contributed by atoms with van der Waals surface area (Å²) in [5, 5.41) is 0. The molecule has 1 aromatic rings. The van der Waals surface area contributed by atoms with Gasteiger partial charge in [-0.2, -0.15) is 0 Å². The number of nitrogens with two attached hydrogens (primary N) is 1. The number of thioether (sulfide) groups is 1. The molecule has 0 saturated heterocycles. The van der Waals surface area contributed by atoms with Gasteiger partial charge in [0.1, 0.15) is 0 Å². The van der Waals surface area contributed by atoms with E-state index in [-0.39, 0.29) is 5.75 Å². The lowest BCUT2D eigenvalue weighted by Crippen LogP contribution is -2.30. The molecule has 1 aromatic carbocycles. The highest BCUT2D eigenvalue weighted by Gasteiger charge is 2.09. The van der Waals surface area contributed by atoms with Crippen LogP contribution in [0, 0.1) is 0 Å². The van der Waals surface area contributed by atoms with Crippen molar-refractivity contribution in [2.24, 2.45) is 0 Å². The van der Waals surface area contributed by atoms with Crippen LogP contribution < -0.4 is 10.5 Å². The number of anilines is 1. The van der Waals surface area contributed by atoms with E-state index in [4.69, 9.17) is 10.5 Å². The molecule has 0 fully saturated rings. The van der Waals surface area contributed by atoms with Crippen LogP contribution in [0.25, 0.3) is 0 Å². The Morgan fingerprint density at radius 2 is 2.19 bits per heavy atom. The minimum absolute atomic E-state index is 0.0686. The molecule has 0 aromatic heterocycles. The summed E-state index contributed by atoms with van der Waals surface area (Å²) >= 11 is 1.47. The van der Waals surface area contributed by atoms with Crippen molar-refractivity contribution in [1.29, 1.82) is 0 Å². The molecular formula is C14H22N2O3S2. The van der Waals surface area contributed by atoms with Gasteiger partial charge in [-0.05, 0) is 24.6 Å². The van der Waals surface area contributed by atoms with E-state index in [9.17, 15) is 8.42 Å². The van der Waals surface area contributed by atoms with Crippen LogP contribution >= 0.6 is 11.8 Å². The molecule has 0 atom stereocenters. The van der Waals surface area contributed by atoms with E-state index in [0.717, 1.165) is 11.3 Å². The van der Waals surface area contributed by atoms with Crippen LogP contribution in [0.1, 0.15) is 6.42 Å². The van der Waals surface area contributed by atoms with Crippen molar-refractivity contribution >= 4 is 27.5 Å². The third kappa shape index (κ3) is 8.77. The second kappa shape index (κ2) is 9.83. The maximum Gasteiger partial charge on any atom is 0.212 e. The van der Waals surface area contributed by atoms with E-state index in [2.05, 4.69) is 11.3 Å². The molecule has 7 heteroatoms. The molecule has 0 saturated carbocycles. The summed E-state index contributed by atoms with van der Waals surface area (Å²) < 4.78 is 31.3. The van der Waals surface area contributed by atoms with Gasteiger partial charge < -0.3 is 10.5 Å². The fraction of sp³-hybridized carbons (Fsp3) is 0.429. The standard InChI is InChI=1S/C14H22N2O3S2/c1-2-3-8-19-9-7-16-21(17,18)11-10-20-14-6-4-5-13(15)12-14/h2,4-6,12,16H,1,3,7-11,15H2. The van der Waals surface area contributed by atoms with Gasteiger partial charge in [0.25, 0.3) is 0 Å². The Bertz CT molecular complexity index is 533. The van der Waals surface area contributed by atoms with Crippen LogP contribution in [0.15, 0.2) is 41.8 Å². The third-order valence-corrected chi connectivity index (χ3v) is 5.15. The largest absolute Gasteiger partial charge is 0.399 e. The molecular weight excluding hydrogens is 308 g/mol. The summed E-state index contributed by atoms with van der Waals surface area (Å²) in [7, 11) is -3.26. The maximum atomic E-state index is 11.8. The summed E-state index contributed by atoms with van der Waals surface area (Å²) in [4.78, 5) is 0.970. The van der Waals surface area contributed by atoms with Gasteiger partial charge >= 0.3 is 0 Å². The summed E-state index contributed by atoms with van der Waals surface area (Å²) in [5.74, 6) is 0.551. The number of benzene rings is 1. The number of ether oxygens (including phenoxy) is 1. The molecule has 0 aliphatic heterocycles. The minimum Gasteiger partial charge on any atom is -0.399 e. The van der Waals surface area contributed by atoms with Crippen LogP contribution in [-0.4, -0.2) is 39.7 Å². The molecule has 0 spiro atoms. The first kappa shape index (κ1) is 18.0. The Morgan fingerprint density at radius 3 is 2.90 bits per heavy atom. The van der Waals surface area contributed by atoms with E-state index < -0.39 is 10.0 Å². The molecule has 0 heterocycles. The van der Waals surface area contributed by atoms with Gasteiger partial charge in [-0.15, -0.1) is 18.3 Å². The molecule has 118 valence electrons. The number of nitrogen functional groups attached to an aromatic ring is 1. The summed E-state index contributed by atoms with van der Waals surface area (Å²) in [6, 6.07) is 7.40. The molecule has 21 heavy (non-hydrogen) atoms. The predicted molar refractivity (Wildman–Crippen MR) is 89.0 cm³/mol. The zero-order valence-corrected chi connectivity index (χ0v) is 13.6. The highest BCUT2D eigenvalue weighted by molar-refractivity contribution is 8.00. The first-order valence-corrected chi connectivity index (χ1v) is 9.31. The first-order valence-electron chi connectivity index (χ1n) is 6.68. The molecule has 0 radical (unpaired) electrons.